The van der Waals surface area contributed by atoms with Crippen LogP contribution < -0.4 is 5.32 Å². The SMILES string of the molecule is CCCC(CCO)CNc1ccc(C)cc1[N+](=O)[O-]. The molecule has 1 aromatic carbocycles. The minimum absolute atomic E-state index is 0.110. The molecule has 0 amide bonds. The van der Waals surface area contributed by atoms with E-state index in [1.165, 1.54) is 0 Å². The van der Waals surface area contributed by atoms with Crippen LogP contribution in [0.25, 0.3) is 0 Å². The Hall–Kier alpha value is -1.62. The van der Waals surface area contributed by atoms with Gasteiger partial charge in [0.2, 0.25) is 0 Å². The van der Waals surface area contributed by atoms with E-state index < -0.39 is 0 Å². The largest absolute Gasteiger partial charge is 0.396 e. The Morgan fingerprint density at radius 1 is 1.42 bits per heavy atom. The van der Waals surface area contributed by atoms with Gasteiger partial charge in [-0.25, -0.2) is 0 Å². The van der Waals surface area contributed by atoms with Crippen LogP contribution in [0.2, 0.25) is 0 Å². The second-order valence-corrected chi connectivity index (χ2v) is 4.83. The van der Waals surface area contributed by atoms with Crippen molar-refractivity contribution in [3.05, 3.63) is 33.9 Å². The van der Waals surface area contributed by atoms with Crippen molar-refractivity contribution in [1.82, 2.24) is 0 Å². The smallest absolute Gasteiger partial charge is 0.292 e. The highest BCUT2D eigenvalue weighted by Crippen LogP contribution is 2.26. The summed E-state index contributed by atoms with van der Waals surface area (Å²) in [6.45, 7) is 4.74. The number of hydrogen-bond acceptors (Lipinski definition) is 4. The number of aryl methyl sites for hydroxylation is 1. The minimum atomic E-state index is -0.365. The third-order valence-corrected chi connectivity index (χ3v) is 3.17. The van der Waals surface area contributed by atoms with Gasteiger partial charge in [-0.3, -0.25) is 10.1 Å². The summed E-state index contributed by atoms with van der Waals surface area (Å²) < 4.78 is 0. The van der Waals surface area contributed by atoms with Gasteiger partial charge in [-0.05, 0) is 37.3 Å². The fraction of sp³-hybridized carbons (Fsp3) is 0.571. The number of nitro groups is 1. The molecule has 19 heavy (non-hydrogen) atoms. The molecule has 1 atom stereocenters. The molecule has 106 valence electrons. The van der Waals surface area contributed by atoms with E-state index >= 15 is 0 Å². The number of aliphatic hydroxyl groups excluding tert-OH is 1. The molecular weight excluding hydrogens is 244 g/mol. The van der Waals surface area contributed by atoms with Gasteiger partial charge in [0.15, 0.2) is 0 Å². The molecule has 0 bridgehead atoms. The van der Waals surface area contributed by atoms with Crippen molar-refractivity contribution in [1.29, 1.82) is 0 Å². The lowest BCUT2D eigenvalue weighted by atomic mass is 10.00. The maximum Gasteiger partial charge on any atom is 0.292 e. The van der Waals surface area contributed by atoms with Crippen molar-refractivity contribution >= 4 is 11.4 Å². The van der Waals surface area contributed by atoms with E-state index in [2.05, 4.69) is 12.2 Å². The Balaban J connectivity index is 2.73. The molecule has 2 N–H and O–H groups in total. The predicted molar refractivity (Wildman–Crippen MR) is 76.4 cm³/mol. The number of hydrogen-bond donors (Lipinski definition) is 2. The van der Waals surface area contributed by atoms with E-state index in [0.29, 0.717) is 18.2 Å². The average Bonchev–Trinajstić information content (AvgIpc) is 2.37. The van der Waals surface area contributed by atoms with Crippen LogP contribution in [0.15, 0.2) is 18.2 Å². The van der Waals surface area contributed by atoms with Gasteiger partial charge in [0.05, 0.1) is 4.92 Å². The topological polar surface area (TPSA) is 75.4 Å². The molecule has 0 fully saturated rings. The Morgan fingerprint density at radius 2 is 2.16 bits per heavy atom. The molecule has 5 nitrogen and oxygen atoms in total. The second-order valence-electron chi connectivity index (χ2n) is 4.83. The zero-order valence-electron chi connectivity index (χ0n) is 11.6. The van der Waals surface area contributed by atoms with Crippen LogP contribution in [0.1, 0.15) is 31.7 Å². The zero-order chi connectivity index (χ0) is 14.3. The third-order valence-electron chi connectivity index (χ3n) is 3.17. The van der Waals surface area contributed by atoms with E-state index in [4.69, 9.17) is 5.11 Å². The Labute approximate surface area is 113 Å². The molecule has 0 aliphatic rings. The van der Waals surface area contributed by atoms with Crippen LogP contribution in [0.3, 0.4) is 0 Å². The predicted octanol–water partition coefficient (Wildman–Crippen LogP) is 3.11. The summed E-state index contributed by atoms with van der Waals surface area (Å²) in [5.74, 6) is 0.343. The number of anilines is 1. The van der Waals surface area contributed by atoms with Crippen molar-refractivity contribution < 1.29 is 10.0 Å². The van der Waals surface area contributed by atoms with Gasteiger partial charge >= 0.3 is 0 Å². The van der Waals surface area contributed by atoms with E-state index in [1.54, 1.807) is 12.1 Å². The van der Waals surface area contributed by atoms with Crippen molar-refractivity contribution in [2.45, 2.75) is 33.1 Å². The molecule has 0 aliphatic heterocycles. The summed E-state index contributed by atoms with van der Waals surface area (Å²) in [5, 5.41) is 23.1. The van der Waals surface area contributed by atoms with Crippen LogP contribution in [-0.2, 0) is 0 Å². The fourth-order valence-corrected chi connectivity index (χ4v) is 2.14. The van der Waals surface area contributed by atoms with Gasteiger partial charge in [-0.2, -0.15) is 0 Å². The summed E-state index contributed by atoms with van der Waals surface area (Å²) in [7, 11) is 0. The van der Waals surface area contributed by atoms with Crippen LogP contribution >= 0.6 is 0 Å². The van der Waals surface area contributed by atoms with Gasteiger partial charge in [-0.1, -0.05) is 19.4 Å². The monoisotopic (exact) mass is 266 g/mol. The lowest BCUT2D eigenvalue weighted by molar-refractivity contribution is -0.384. The minimum Gasteiger partial charge on any atom is -0.396 e. The lowest BCUT2D eigenvalue weighted by Crippen LogP contribution is -2.16. The number of nitrogens with zero attached hydrogens (tertiary/aromatic N) is 1. The normalized spacial score (nSPS) is 12.2. The van der Waals surface area contributed by atoms with Crippen LogP contribution in [-0.4, -0.2) is 23.2 Å². The summed E-state index contributed by atoms with van der Waals surface area (Å²) >= 11 is 0. The first-order chi connectivity index (χ1) is 9.08. The summed E-state index contributed by atoms with van der Waals surface area (Å²) in [4.78, 5) is 10.6. The van der Waals surface area contributed by atoms with Gasteiger partial charge in [0, 0.05) is 19.2 Å². The molecular formula is C14H22N2O3. The van der Waals surface area contributed by atoms with Gasteiger partial charge < -0.3 is 10.4 Å². The number of benzene rings is 1. The molecule has 0 aromatic heterocycles. The van der Waals surface area contributed by atoms with E-state index in [1.807, 2.05) is 13.0 Å². The number of aliphatic hydroxyl groups is 1. The first kappa shape index (κ1) is 15.4. The summed E-state index contributed by atoms with van der Waals surface area (Å²) in [5.41, 5.74) is 1.53. The third kappa shape index (κ3) is 4.87. The van der Waals surface area contributed by atoms with E-state index in [-0.39, 0.29) is 17.2 Å². The Bertz CT molecular complexity index is 415. The van der Waals surface area contributed by atoms with Crippen molar-refractivity contribution in [3.63, 3.8) is 0 Å². The molecule has 0 saturated carbocycles. The number of nitro benzene ring substituents is 1. The molecule has 0 aliphatic carbocycles. The number of nitrogens with one attached hydrogen (secondary N) is 1. The lowest BCUT2D eigenvalue weighted by Gasteiger charge is -2.16. The maximum absolute atomic E-state index is 11.0. The quantitative estimate of drug-likeness (QED) is 0.560. The molecule has 0 heterocycles. The summed E-state index contributed by atoms with van der Waals surface area (Å²) in [6.07, 6.45) is 2.77. The fourth-order valence-electron chi connectivity index (χ4n) is 2.14. The summed E-state index contributed by atoms with van der Waals surface area (Å²) in [6, 6.07) is 5.18. The van der Waals surface area contributed by atoms with Crippen molar-refractivity contribution in [2.75, 3.05) is 18.5 Å². The van der Waals surface area contributed by atoms with Crippen molar-refractivity contribution in [3.8, 4) is 0 Å². The first-order valence-electron chi connectivity index (χ1n) is 6.68. The van der Waals surface area contributed by atoms with E-state index in [0.717, 1.165) is 24.8 Å². The molecule has 0 radical (unpaired) electrons. The Morgan fingerprint density at radius 3 is 2.74 bits per heavy atom. The number of rotatable bonds is 8. The highest BCUT2D eigenvalue weighted by molar-refractivity contribution is 5.62. The van der Waals surface area contributed by atoms with E-state index in [9.17, 15) is 10.1 Å². The van der Waals surface area contributed by atoms with Gasteiger partial charge in [0.1, 0.15) is 5.69 Å². The first-order valence-corrected chi connectivity index (χ1v) is 6.68. The zero-order valence-corrected chi connectivity index (χ0v) is 11.6. The van der Waals surface area contributed by atoms with Crippen molar-refractivity contribution in [2.24, 2.45) is 5.92 Å². The molecule has 1 aromatic rings. The highest BCUT2D eigenvalue weighted by atomic mass is 16.6. The van der Waals surface area contributed by atoms with Gasteiger partial charge in [0.25, 0.3) is 5.69 Å². The molecule has 0 saturated heterocycles. The molecule has 5 heteroatoms. The molecule has 0 spiro atoms. The Kier molecular flexibility index (Phi) is 6.29. The van der Waals surface area contributed by atoms with Gasteiger partial charge in [-0.15, -0.1) is 0 Å². The standard InChI is InChI=1S/C14H22N2O3/c1-3-4-12(7-8-17)10-15-13-6-5-11(2)9-14(13)16(18)19/h5-6,9,12,15,17H,3-4,7-8,10H2,1-2H3. The van der Waals surface area contributed by atoms with Crippen LogP contribution in [0, 0.1) is 23.0 Å². The maximum atomic E-state index is 11.0. The average molecular weight is 266 g/mol. The molecule has 1 rings (SSSR count). The second kappa shape index (κ2) is 7.74. The van der Waals surface area contributed by atoms with Crippen LogP contribution in [0.5, 0.6) is 0 Å². The highest BCUT2D eigenvalue weighted by Gasteiger charge is 2.15. The molecule has 1 unspecified atom stereocenters. The van der Waals surface area contributed by atoms with Crippen LogP contribution in [0.4, 0.5) is 11.4 Å².